The normalized spacial score (nSPS) is 24.4. The van der Waals surface area contributed by atoms with Crippen LogP contribution in [-0.4, -0.2) is 34.4 Å². The lowest BCUT2D eigenvalue weighted by Gasteiger charge is -2.48. The molecule has 5 heteroatoms. The van der Waals surface area contributed by atoms with Crippen LogP contribution in [0.3, 0.4) is 0 Å². The molecule has 1 saturated heterocycles. The number of nitrogens with zero attached hydrogens (tertiary/aromatic N) is 2. The summed E-state index contributed by atoms with van der Waals surface area (Å²) in [5.41, 5.74) is 3.01. The fourth-order valence-electron chi connectivity index (χ4n) is 4.54. The first kappa shape index (κ1) is 18.0. The zero-order valence-electron chi connectivity index (χ0n) is 16.0. The summed E-state index contributed by atoms with van der Waals surface area (Å²) >= 11 is 0. The Labute approximate surface area is 159 Å². The largest absolute Gasteiger partial charge is 0.363 e. The third-order valence-corrected chi connectivity index (χ3v) is 5.76. The van der Waals surface area contributed by atoms with Gasteiger partial charge in [0.25, 0.3) is 0 Å². The van der Waals surface area contributed by atoms with E-state index < -0.39 is 0 Å². The zero-order chi connectivity index (χ0) is 19.0. The van der Waals surface area contributed by atoms with Gasteiger partial charge in [0.2, 0.25) is 5.91 Å². The van der Waals surface area contributed by atoms with Gasteiger partial charge in [-0.1, -0.05) is 25.1 Å². The number of hydrogen-bond acceptors (Lipinski definition) is 3. The van der Waals surface area contributed by atoms with Crippen LogP contribution in [-0.2, 0) is 17.6 Å². The molecule has 0 saturated carbocycles. The van der Waals surface area contributed by atoms with E-state index in [1.54, 1.807) is 12.1 Å². The summed E-state index contributed by atoms with van der Waals surface area (Å²) in [7, 11) is 0. The van der Waals surface area contributed by atoms with Crippen molar-refractivity contribution < 1.29 is 9.18 Å². The second-order valence-electron chi connectivity index (χ2n) is 8.25. The Morgan fingerprint density at radius 1 is 1.30 bits per heavy atom. The van der Waals surface area contributed by atoms with Crippen LogP contribution in [0.2, 0.25) is 0 Å². The number of carbonyl (C=O) groups excluding carboxylic acids is 1. The predicted octanol–water partition coefficient (Wildman–Crippen LogP) is 3.74. The van der Waals surface area contributed by atoms with Gasteiger partial charge in [0.05, 0.1) is 12.0 Å². The lowest BCUT2D eigenvalue weighted by atomic mass is 9.77. The molecule has 2 aliphatic heterocycles. The van der Waals surface area contributed by atoms with Gasteiger partial charge < -0.3 is 10.2 Å². The van der Waals surface area contributed by atoms with E-state index in [4.69, 9.17) is 0 Å². The Balaban J connectivity index is 1.51. The van der Waals surface area contributed by atoms with Crippen LogP contribution in [0.1, 0.15) is 36.6 Å². The van der Waals surface area contributed by atoms with Gasteiger partial charge in [-0.2, -0.15) is 0 Å². The highest BCUT2D eigenvalue weighted by atomic mass is 19.1. The summed E-state index contributed by atoms with van der Waals surface area (Å²) in [5, 5.41) is 3.69. The minimum atomic E-state index is -0.274. The van der Waals surface area contributed by atoms with Crippen molar-refractivity contribution in [2.24, 2.45) is 5.92 Å². The maximum atomic E-state index is 13.1. The monoisotopic (exact) mass is 367 g/mol. The molecule has 2 aliphatic rings. The van der Waals surface area contributed by atoms with Crippen molar-refractivity contribution in [2.75, 3.05) is 18.4 Å². The SMILES string of the molecule is Cc1ccc2c(n1)N[C@@]1(CC2)C[C@H](C)CN(C(=O)Cc2ccc(F)cc2)C1. The van der Waals surface area contributed by atoms with Crippen molar-refractivity contribution in [3.63, 3.8) is 0 Å². The molecule has 1 spiro atoms. The number of anilines is 1. The highest BCUT2D eigenvalue weighted by molar-refractivity contribution is 5.79. The number of rotatable bonds is 2. The van der Waals surface area contributed by atoms with Crippen molar-refractivity contribution in [3.05, 3.63) is 59.0 Å². The van der Waals surface area contributed by atoms with Gasteiger partial charge in [-0.15, -0.1) is 0 Å². The van der Waals surface area contributed by atoms with Crippen LogP contribution in [0.5, 0.6) is 0 Å². The molecule has 1 fully saturated rings. The summed E-state index contributed by atoms with van der Waals surface area (Å²) in [6.45, 7) is 5.69. The summed E-state index contributed by atoms with van der Waals surface area (Å²) in [6, 6.07) is 10.4. The number of benzene rings is 1. The average Bonchev–Trinajstić information content (AvgIpc) is 2.62. The third-order valence-electron chi connectivity index (χ3n) is 5.76. The van der Waals surface area contributed by atoms with Crippen LogP contribution < -0.4 is 5.32 Å². The van der Waals surface area contributed by atoms with Crippen LogP contribution >= 0.6 is 0 Å². The summed E-state index contributed by atoms with van der Waals surface area (Å²) in [6.07, 6.45) is 3.36. The highest BCUT2D eigenvalue weighted by Crippen LogP contribution is 2.37. The van der Waals surface area contributed by atoms with E-state index in [1.165, 1.54) is 17.7 Å². The molecule has 4 rings (SSSR count). The third kappa shape index (κ3) is 3.82. The minimum absolute atomic E-state index is 0.107. The standard InChI is InChI=1S/C22H26FN3O/c1-15-12-22(10-9-18-6-3-16(2)24-21(18)25-22)14-26(13-15)20(27)11-17-4-7-19(23)8-5-17/h3-8,15H,9-14H2,1-2H3,(H,24,25)/t15-,22-/m0/s1. The fraction of sp³-hybridized carbons (Fsp3) is 0.455. The number of amides is 1. The molecule has 0 radical (unpaired) electrons. The van der Waals surface area contributed by atoms with Gasteiger partial charge in [-0.3, -0.25) is 4.79 Å². The Bertz CT molecular complexity index is 851. The Hall–Kier alpha value is -2.43. The molecule has 1 amide bonds. The van der Waals surface area contributed by atoms with Crippen molar-refractivity contribution >= 4 is 11.7 Å². The van der Waals surface area contributed by atoms with Crippen LogP contribution in [0, 0.1) is 18.7 Å². The van der Waals surface area contributed by atoms with Crippen molar-refractivity contribution in [1.29, 1.82) is 0 Å². The number of nitrogens with one attached hydrogen (secondary N) is 1. The highest BCUT2D eigenvalue weighted by Gasteiger charge is 2.42. The van der Waals surface area contributed by atoms with E-state index in [0.717, 1.165) is 42.9 Å². The lowest BCUT2D eigenvalue weighted by molar-refractivity contribution is -0.133. The zero-order valence-corrected chi connectivity index (χ0v) is 16.0. The number of hydrogen-bond donors (Lipinski definition) is 1. The van der Waals surface area contributed by atoms with Gasteiger partial charge in [-0.05, 0) is 61.4 Å². The molecule has 1 aromatic heterocycles. The van der Waals surface area contributed by atoms with E-state index in [9.17, 15) is 9.18 Å². The van der Waals surface area contributed by atoms with Crippen molar-refractivity contribution in [3.8, 4) is 0 Å². The number of aromatic nitrogens is 1. The molecule has 0 bridgehead atoms. The molecule has 1 N–H and O–H groups in total. The number of fused-ring (bicyclic) bond motifs is 1. The predicted molar refractivity (Wildman–Crippen MR) is 104 cm³/mol. The van der Waals surface area contributed by atoms with Crippen LogP contribution in [0.4, 0.5) is 10.2 Å². The molecule has 3 heterocycles. The number of piperidine rings is 1. The van der Waals surface area contributed by atoms with Gasteiger partial charge >= 0.3 is 0 Å². The Morgan fingerprint density at radius 2 is 2.07 bits per heavy atom. The molecule has 1 aromatic carbocycles. The summed E-state index contributed by atoms with van der Waals surface area (Å²) in [4.78, 5) is 19.6. The number of carbonyl (C=O) groups is 1. The molecule has 27 heavy (non-hydrogen) atoms. The van der Waals surface area contributed by atoms with E-state index in [2.05, 4.69) is 29.4 Å². The number of likely N-dealkylation sites (tertiary alicyclic amines) is 1. The van der Waals surface area contributed by atoms with Crippen LogP contribution in [0.15, 0.2) is 36.4 Å². The number of aryl methyl sites for hydroxylation is 2. The van der Waals surface area contributed by atoms with Gasteiger partial charge in [0, 0.05) is 18.8 Å². The quantitative estimate of drug-likeness (QED) is 0.880. The first-order valence-electron chi connectivity index (χ1n) is 9.69. The summed E-state index contributed by atoms with van der Waals surface area (Å²) in [5.74, 6) is 1.23. The molecule has 0 aliphatic carbocycles. The molecular weight excluding hydrogens is 341 g/mol. The Kier molecular flexibility index (Phi) is 4.62. The van der Waals surface area contributed by atoms with Crippen LogP contribution in [0.25, 0.3) is 0 Å². The number of pyridine rings is 1. The van der Waals surface area contributed by atoms with E-state index >= 15 is 0 Å². The molecule has 4 nitrogen and oxygen atoms in total. The first-order valence-corrected chi connectivity index (χ1v) is 9.69. The van der Waals surface area contributed by atoms with Gasteiger partial charge in [0.1, 0.15) is 11.6 Å². The smallest absolute Gasteiger partial charge is 0.227 e. The maximum Gasteiger partial charge on any atom is 0.227 e. The second kappa shape index (κ2) is 6.95. The Morgan fingerprint density at radius 3 is 2.85 bits per heavy atom. The van der Waals surface area contributed by atoms with Crippen molar-refractivity contribution in [2.45, 2.75) is 45.1 Å². The molecule has 142 valence electrons. The van der Waals surface area contributed by atoms with Crippen molar-refractivity contribution in [1.82, 2.24) is 9.88 Å². The maximum absolute atomic E-state index is 13.1. The molecule has 2 atom stereocenters. The average molecular weight is 367 g/mol. The molecule has 0 unspecified atom stereocenters. The van der Waals surface area contributed by atoms with Gasteiger partial charge in [-0.25, -0.2) is 9.37 Å². The van der Waals surface area contributed by atoms with E-state index in [-0.39, 0.29) is 17.3 Å². The fourth-order valence-corrected chi connectivity index (χ4v) is 4.54. The van der Waals surface area contributed by atoms with Gasteiger partial charge in [0.15, 0.2) is 0 Å². The lowest BCUT2D eigenvalue weighted by Crippen LogP contribution is -2.58. The van der Waals surface area contributed by atoms with E-state index in [0.29, 0.717) is 18.9 Å². The second-order valence-corrected chi connectivity index (χ2v) is 8.25. The topological polar surface area (TPSA) is 45.2 Å². The van der Waals surface area contributed by atoms with E-state index in [1.807, 2.05) is 11.8 Å². The summed E-state index contributed by atoms with van der Waals surface area (Å²) < 4.78 is 13.1. The molecule has 2 aromatic rings. The number of halogens is 1. The minimum Gasteiger partial charge on any atom is -0.363 e. The first-order chi connectivity index (χ1) is 12.9. The molecular formula is C22H26FN3O.